The van der Waals surface area contributed by atoms with Gasteiger partial charge in [-0.25, -0.2) is 0 Å². The zero-order chi connectivity index (χ0) is 11.0. The molecular weight excluding hydrogens is 232 g/mol. The van der Waals surface area contributed by atoms with Gasteiger partial charge in [0.1, 0.15) is 0 Å². The number of aromatic nitrogens is 1. The van der Waals surface area contributed by atoms with Gasteiger partial charge in [-0.1, -0.05) is 12.1 Å². The lowest BCUT2D eigenvalue weighted by molar-refractivity contribution is 0.332. The van der Waals surface area contributed by atoms with Gasteiger partial charge in [0.15, 0.2) is 0 Å². The Bertz CT molecular complexity index is 498. The molecule has 0 bridgehead atoms. The number of aryl methyl sites for hydroxylation is 1. The molecule has 0 amide bonds. The first kappa shape index (κ1) is 12.5. The Morgan fingerprint density at radius 1 is 1.24 bits per heavy atom. The molecule has 1 aliphatic rings. The normalized spacial score (nSPS) is 16.3. The maximum absolute atomic E-state index is 3.38. The van der Waals surface area contributed by atoms with E-state index in [-0.39, 0.29) is 12.4 Å². The second kappa shape index (κ2) is 5.11. The summed E-state index contributed by atoms with van der Waals surface area (Å²) in [7, 11) is 0. The van der Waals surface area contributed by atoms with Crippen molar-refractivity contribution >= 4 is 23.3 Å². The minimum atomic E-state index is 0. The van der Waals surface area contributed by atoms with E-state index in [1.54, 1.807) is 0 Å². The summed E-state index contributed by atoms with van der Waals surface area (Å²) in [6.07, 6.45) is 4.89. The number of hydrogen-bond donors (Lipinski definition) is 1. The molecule has 1 aromatic carbocycles. The van der Waals surface area contributed by atoms with E-state index in [0.717, 1.165) is 6.54 Å². The van der Waals surface area contributed by atoms with Gasteiger partial charge in [0, 0.05) is 23.6 Å². The molecule has 1 fully saturated rings. The van der Waals surface area contributed by atoms with Gasteiger partial charge in [0.05, 0.1) is 0 Å². The number of likely N-dealkylation sites (tertiary alicyclic amines) is 1. The highest BCUT2D eigenvalue weighted by molar-refractivity contribution is 5.85. The molecule has 2 heterocycles. The predicted molar refractivity (Wildman–Crippen MR) is 74.8 cm³/mol. The number of nitrogens with zero attached hydrogens (tertiary/aromatic N) is 1. The van der Waals surface area contributed by atoms with Crippen LogP contribution in [0, 0.1) is 6.92 Å². The minimum absolute atomic E-state index is 0. The topological polar surface area (TPSA) is 19.0 Å². The largest absolute Gasteiger partial charge is 0.361 e. The van der Waals surface area contributed by atoms with E-state index in [2.05, 4.69) is 41.2 Å². The minimum Gasteiger partial charge on any atom is -0.361 e. The van der Waals surface area contributed by atoms with E-state index < -0.39 is 0 Å². The summed E-state index contributed by atoms with van der Waals surface area (Å²) in [6, 6.07) is 6.67. The molecule has 3 rings (SSSR count). The van der Waals surface area contributed by atoms with Crippen LogP contribution in [0.2, 0.25) is 0 Å². The van der Waals surface area contributed by atoms with E-state index in [0.29, 0.717) is 0 Å². The fourth-order valence-electron chi connectivity index (χ4n) is 2.61. The summed E-state index contributed by atoms with van der Waals surface area (Å²) >= 11 is 0. The lowest BCUT2D eigenvalue weighted by Gasteiger charge is -2.13. The van der Waals surface area contributed by atoms with Crippen molar-refractivity contribution in [3.05, 3.63) is 35.5 Å². The van der Waals surface area contributed by atoms with Crippen LogP contribution in [-0.2, 0) is 6.54 Å². The first-order valence-corrected chi connectivity index (χ1v) is 6.12. The van der Waals surface area contributed by atoms with Crippen molar-refractivity contribution in [2.24, 2.45) is 0 Å². The molecule has 2 aromatic rings. The van der Waals surface area contributed by atoms with Crippen LogP contribution in [0.4, 0.5) is 0 Å². The van der Waals surface area contributed by atoms with Gasteiger partial charge in [-0.2, -0.15) is 0 Å². The smallest absolute Gasteiger partial charge is 0.0459 e. The molecule has 0 aliphatic carbocycles. The lowest BCUT2D eigenvalue weighted by atomic mass is 10.1. The third-order valence-corrected chi connectivity index (χ3v) is 3.52. The Morgan fingerprint density at radius 3 is 2.76 bits per heavy atom. The number of nitrogens with one attached hydrogen (secondary N) is 1. The van der Waals surface area contributed by atoms with Gasteiger partial charge in [-0.05, 0) is 50.0 Å². The number of hydrogen-bond acceptors (Lipinski definition) is 1. The zero-order valence-corrected chi connectivity index (χ0v) is 11.0. The quantitative estimate of drug-likeness (QED) is 0.865. The summed E-state index contributed by atoms with van der Waals surface area (Å²) < 4.78 is 0. The lowest BCUT2D eigenvalue weighted by Crippen LogP contribution is -2.17. The summed E-state index contributed by atoms with van der Waals surface area (Å²) in [5.41, 5.74) is 4.04. The third-order valence-electron chi connectivity index (χ3n) is 3.52. The summed E-state index contributed by atoms with van der Waals surface area (Å²) in [5, 5.41) is 1.39. The Hall–Kier alpha value is -0.990. The van der Waals surface area contributed by atoms with Crippen LogP contribution in [0.3, 0.4) is 0 Å². The number of H-pyrrole nitrogens is 1. The molecule has 1 aliphatic heterocycles. The molecule has 0 atom stereocenters. The predicted octanol–water partition coefficient (Wildman–Crippen LogP) is 3.49. The highest BCUT2D eigenvalue weighted by atomic mass is 35.5. The SMILES string of the molecule is Cc1ccc2c(CN3CCCC3)c[nH]c2c1.Cl. The average molecular weight is 251 g/mol. The maximum atomic E-state index is 3.38. The van der Waals surface area contributed by atoms with Gasteiger partial charge in [0.25, 0.3) is 0 Å². The summed E-state index contributed by atoms with van der Waals surface area (Å²) in [4.78, 5) is 5.92. The molecule has 3 heteroatoms. The average Bonchev–Trinajstić information content (AvgIpc) is 2.89. The van der Waals surface area contributed by atoms with Crippen molar-refractivity contribution < 1.29 is 0 Å². The number of fused-ring (bicyclic) bond motifs is 1. The Balaban J connectivity index is 0.00000108. The van der Waals surface area contributed by atoms with Gasteiger partial charge in [-0.15, -0.1) is 12.4 Å². The second-order valence-electron chi connectivity index (χ2n) is 4.85. The van der Waals surface area contributed by atoms with Crippen LogP contribution < -0.4 is 0 Å². The fourth-order valence-corrected chi connectivity index (χ4v) is 2.61. The van der Waals surface area contributed by atoms with E-state index in [1.165, 1.54) is 48.0 Å². The fraction of sp³-hybridized carbons (Fsp3) is 0.429. The highest BCUT2D eigenvalue weighted by Gasteiger charge is 2.13. The second-order valence-corrected chi connectivity index (χ2v) is 4.85. The third kappa shape index (κ3) is 2.48. The van der Waals surface area contributed by atoms with Crippen molar-refractivity contribution in [2.75, 3.05) is 13.1 Å². The number of rotatable bonds is 2. The van der Waals surface area contributed by atoms with E-state index >= 15 is 0 Å². The maximum Gasteiger partial charge on any atom is 0.0459 e. The van der Waals surface area contributed by atoms with Crippen LogP contribution in [0.5, 0.6) is 0 Å². The molecule has 17 heavy (non-hydrogen) atoms. The van der Waals surface area contributed by atoms with Crippen molar-refractivity contribution in [1.29, 1.82) is 0 Å². The highest BCUT2D eigenvalue weighted by Crippen LogP contribution is 2.22. The molecule has 1 N–H and O–H groups in total. The Kier molecular flexibility index (Phi) is 3.75. The molecule has 92 valence electrons. The molecule has 0 radical (unpaired) electrons. The number of aromatic amines is 1. The molecule has 0 unspecified atom stereocenters. The Labute approximate surface area is 108 Å². The molecular formula is C14H19ClN2. The monoisotopic (exact) mass is 250 g/mol. The van der Waals surface area contributed by atoms with Gasteiger partial charge >= 0.3 is 0 Å². The molecule has 0 spiro atoms. The molecule has 1 saturated heterocycles. The van der Waals surface area contributed by atoms with Crippen molar-refractivity contribution in [1.82, 2.24) is 9.88 Å². The first-order valence-electron chi connectivity index (χ1n) is 6.12. The van der Waals surface area contributed by atoms with Crippen LogP contribution in [0.25, 0.3) is 10.9 Å². The van der Waals surface area contributed by atoms with Crippen molar-refractivity contribution in [3.63, 3.8) is 0 Å². The number of halogens is 1. The Morgan fingerprint density at radius 2 is 2.00 bits per heavy atom. The summed E-state index contributed by atoms with van der Waals surface area (Å²) in [5.74, 6) is 0. The van der Waals surface area contributed by atoms with Crippen LogP contribution in [0.1, 0.15) is 24.0 Å². The number of benzene rings is 1. The zero-order valence-electron chi connectivity index (χ0n) is 10.2. The van der Waals surface area contributed by atoms with Crippen LogP contribution >= 0.6 is 12.4 Å². The first-order chi connectivity index (χ1) is 7.83. The van der Waals surface area contributed by atoms with Gasteiger partial charge < -0.3 is 4.98 Å². The molecule has 1 aromatic heterocycles. The molecule has 2 nitrogen and oxygen atoms in total. The van der Waals surface area contributed by atoms with Gasteiger partial charge in [-0.3, -0.25) is 4.90 Å². The van der Waals surface area contributed by atoms with E-state index in [4.69, 9.17) is 0 Å². The van der Waals surface area contributed by atoms with E-state index in [9.17, 15) is 0 Å². The van der Waals surface area contributed by atoms with Gasteiger partial charge in [0.2, 0.25) is 0 Å². The van der Waals surface area contributed by atoms with Crippen molar-refractivity contribution in [2.45, 2.75) is 26.3 Å². The standard InChI is InChI=1S/C14H18N2.ClH/c1-11-4-5-13-12(9-15-14(13)8-11)10-16-6-2-3-7-16;/h4-5,8-9,15H,2-3,6-7,10H2,1H3;1H. The molecule has 0 saturated carbocycles. The van der Waals surface area contributed by atoms with Crippen molar-refractivity contribution in [3.8, 4) is 0 Å². The summed E-state index contributed by atoms with van der Waals surface area (Å²) in [6.45, 7) is 5.76. The van der Waals surface area contributed by atoms with Crippen LogP contribution in [0.15, 0.2) is 24.4 Å². The van der Waals surface area contributed by atoms with Crippen LogP contribution in [-0.4, -0.2) is 23.0 Å². The van der Waals surface area contributed by atoms with E-state index in [1.807, 2.05) is 0 Å².